The summed E-state index contributed by atoms with van der Waals surface area (Å²) in [5.41, 5.74) is 3.54. The molecule has 0 aromatic heterocycles. The van der Waals surface area contributed by atoms with Crippen LogP contribution in [0.5, 0.6) is 5.75 Å². The van der Waals surface area contributed by atoms with E-state index in [4.69, 9.17) is 60.7 Å². The number of fused-ring (bicyclic) bond motifs is 3. The predicted octanol–water partition coefficient (Wildman–Crippen LogP) is 9.95. The molecule has 3 aliphatic rings. The van der Waals surface area contributed by atoms with Crippen molar-refractivity contribution in [2.24, 2.45) is 5.92 Å². The molecule has 268 valence electrons. The van der Waals surface area contributed by atoms with E-state index in [2.05, 4.69) is 29.9 Å². The Labute approximate surface area is 314 Å². The number of benzene rings is 2. The molecule has 0 atom stereocenters. The molecule has 0 saturated carbocycles. The maximum atomic E-state index is 12.9. The number of halogens is 4. The number of carboxylic acid groups (broad SMARTS) is 1. The largest absolute Gasteiger partial charge is 0.478 e. The molecule has 0 fully saturated rings. The molecular formula is C34H33Cl4NO9S2. The van der Waals surface area contributed by atoms with Gasteiger partial charge in [-0.1, -0.05) is 77.4 Å². The van der Waals surface area contributed by atoms with Gasteiger partial charge in [-0.2, -0.15) is 8.42 Å². The third-order valence-corrected chi connectivity index (χ3v) is 11.5. The molecule has 0 saturated heterocycles. The molecule has 0 amide bonds. The Hall–Kier alpha value is -2.49. The van der Waals surface area contributed by atoms with Gasteiger partial charge < -0.3 is 14.7 Å². The highest BCUT2D eigenvalue weighted by Gasteiger charge is 2.38. The quantitative estimate of drug-likeness (QED) is 0.0380. The summed E-state index contributed by atoms with van der Waals surface area (Å²) in [6.45, 7) is 10.5. The van der Waals surface area contributed by atoms with E-state index in [1.54, 1.807) is 18.2 Å². The van der Waals surface area contributed by atoms with Crippen molar-refractivity contribution < 1.29 is 42.2 Å². The Morgan fingerprint density at radius 2 is 1.80 bits per heavy atom. The fraction of sp³-hybridized carbons (Fsp3) is 0.324. The zero-order chi connectivity index (χ0) is 36.9. The first-order valence-corrected chi connectivity index (χ1v) is 19.3. The van der Waals surface area contributed by atoms with Crippen LogP contribution in [-0.2, 0) is 19.5 Å². The van der Waals surface area contributed by atoms with Crippen molar-refractivity contribution in [1.82, 2.24) is 0 Å². The number of carbonyl (C=O) groups is 1. The van der Waals surface area contributed by atoms with Crippen molar-refractivity contribution in [3.63, 3.8) is 0 Å². The van der Waals surface area contributed by atoms with Crippen LogP contribution in [0.4, 0.5) is 5.69 Å². The fourth-order valence-corrected chi connectivity index (χ4v) is 8.77. The lowest BCUT2D eigenvalue weighted by molar-refractivity contribution is -0.432. The van der Waals surface area contributed by atoms with Gasteiger partial charge in [0.25, 0.3) is 10.1 Å². The van der Waals surface area contributed by atoms with Crippen LogP contribution in [0, 0.1) is 5.92 Å². The molecule has 0 unspecified atom stereocenters. The van der Waals surface area contributed by atoms with Gasteiger partial charge in [-0.25, -0.2) is 10.1 Å². The maximum absolute atomic E-state index is 12.9. The number of ether oxygens (including phenoxy) is 1. The van der Waals surface area contributed by atoms with Crippen molar-refractivity contribution in [2.75, 3.05) is 23.0 Å². The Morgan fingerprint density at radius 1 is 1.12 bits per heavy atom. The number of rotatable bonds is 11. The monoisotopic (exact) mass is 803 g/mol. The highest BCUT2D eigenvalue weighted by molar-refractivity contribution is 7.95. The van der Waals surface area contributed by atoms with Crippen LogP contribution in [0.1, 0.15) is 68.1 Å². The van der Waals surface area contributed by atoms with Crippen LogP contribution in [0.2, 0.25) is 20.1 Å². The van der Waals surface area contributed by atoms with Gasteiger partial charge >= 0.3 is 5.97 Å². The van der Waals surface area contributed by atoms with Crippen LogP contribution < -0.4 is 9.64 Å². The molecule has 0 bridgehead atoms. The van der Waals surface area contributed by atoms with Crippen LogP contribution in [-0.4, -0.2) is 52.9 Å². The summed E-state index contributed by atoms with van der Waals surface area (Å²) < 4.78 is 45.3. The lowest BCUT2D eigenvalue weighted by atomic mass is 9.80. The molecule has 0 spiro atoms. The molecule has 50 heavy (non-hydrogen) atoms. The molecule has 2 aliphatic heterocycles. The van der Waals surface area contributed by atoms with Crippen molar-refractivity contribution in [1.29, 1.82) is 0 Å². The average Bonchev–Trinajstić information content (AvgIpc) is 3.02. The average molecular weight is 806 g/mol. The number of carboxylic acids is 1. The third kappa shape index (κ3) is 7.52. The highest BCUT2D eigenvalue weighted by atomic mass is 35.5. The van der Waals surface area contributed by atoms with Crippen LogP contribution in [0.3, 0.4) is 0 Å². The number of likely N-dealkylation sites (N-methyl/N-ethyl adjacent to an activating group) is 1. The van der Waals surface area contributed by atoms with E-state index in [1.165, 1.54) is 0 Å². The van der Waals surface area contributed by atoms with Gasteiger partial charge in [0.05, 0.1) is 31.2 Å². The molecular weight excluding hydrogens is 772 g/mol. The maximum Gasteiger partial charge on any atom is 0.337 e. The van der Waals surface area contributed by atoms with Crippen LogP contribution in [0.15, 0.2) is 58.9 Å². The minimum absolute atomic E-state index is 0.0222. The summed E-state index contributed by atoms with van der Waals surface area (Å²) in [6, 6.07) is 3.71. The highest BCUT2D eigenvalue weighted by Crippen LogP contribution is 2.54. The van der Waals surface area contributed by atoms with Gasteiger partial charge in [0, 0.05) is 63.9 Å². The SMILES string of the molecule is CCN1c2cc3c(cc2C(CSOOO)=CC1(C)C)C(c1c(Cl)c(Cl)c(Cl)c(Cl)c1C(=O)O)=C1C=C(C(=CC(C)C)CS(=O)(=O)O)CC=C1O3. The van der Waals surface area contributed by atoms with Crippen LogP contribution in [0.25, 0.3) is 11.1 Å². The van der Waals surface area contributed by atoms with Crippen LogP contribution >= 0.6 is 58.4 Å². The molecule has 3 N–H and O–H groups in total. The molecule has 16 heteroatoms. The Kier molecular flexibility index (Phi) is 11.5. The van der Waals surface area contributed by atoms with E-state index in [9.17, 15) is 22.9 Å². The minimum Gasteiger partial charge on any atom is -0.478 e. The fourth-order valence-electron chi connectivity index (χ4n) is 6.61. The summed E-state index contributed by atoms with van der Waals surface area (Å²) in [7, 11) is -4.42. The summed E-state index contributed by atoms with van der Waals surface area (Å²) >= 11 is 27.3. The summed E-state index contributed by atoms with van der Waals surface area (Å²) in [6.07, 6.45) is 7.50. The van der Waals surface area contributed by atoms with Crippen molar-refractivity contribution in [2.45, 2.75) is 46.6 Å². The van der Waals surface area contributed by atoms with E-state index >= 15 is 0 Å². The molecule has 5 rings (SSSR count). The van der Waals surface area contributed by atoms with Gasteiger partial charge in [-0.3, -0.25) is 4.55 Å². The van der Waals surface area contributed by atoms with Crippen molar-refractivity contribution in [3.8, 4) is 5.75 Å². The predicted molar refractivity (Wildman–Crippen MR) is 199 cm³/mol. The second-order valence-electron chi connectivity index (χ2n) is 12.6. The van der Waals surface area contributed by atoms with E-state index in [-0.39, 0.29) is 43.7 Å². The molecule has 2 heterocycles. The standard InChI is InChI=1S/C34H33Cl4NO9S2/c1-6-39-23-12-25-22(11-20(23)19(13-34(39,4)5)14-49-48-47-42)26(27-28(33(40)41)30(36)32(38)31(37)29(27)35)21-10-17(7-8-24(21)46-25)18(9-16(2)3)15-50(43,44)45/h8-13,16,42H,6-7,14-15H2,1-5H3,(H,40,41)(H,43,44,45). The molecule has 2 aromatic carbocycles. The molecule has 0 radical (unpaired) electrons. The van der Waals surface area contributed by atoms with E-state index in [0.717, 1.165) is 28.9 Å². The first-order valence-electron chi connectivity index (χ1n) is 15.3. The van der Waals surface area contributed by atoms with Gasteiger partial charge in [0.15, 0.2) is 0 Å². The number of anilines is 1. The van der Waals surface area contributed by atoms with Gasteiger partial charge in [-0.05, 0) is 68.0 Å². The van der Waals surface area contributed by atoms with Crippen molar-refractivity contribution >= 4 is 91.4 Å². The Morgan fingerprint density at radius 3 is 2.40 bits per heavy atom. The smallest absolute Gasteiger partial charge is 0.337 e. The summed E-state index contributed by atoms with van der Waals surface area (Å²) in [5.74, 6) is -1.12. The number of aromatic carboxylic acids is 1. The van der Waals surface area contributed by atoms with Crippen molar-refractivity contribution in [3.05, 3.63) is 101 Å². The van der Waals surface area contributed by atoms with E-state index < -0.39 is 32.9 Å². The summed E-state index contributed by atoms with van der Waals surface area (Å²) in [4.78, 5) is 15.1. The zero-order valence-electron chi connectivity index (χ0n) is 27.4. The summed E-state index contributed by atoms with van der Waals surface area (Å²) in [5, 5.41) is 22.2. The third-order valence-electron chi connectivity index (χ3n) is 8.43. The first kappa shape index (κ1) is 38.7. The van der Waals surface area contributed by atoms with Gasteiger partial charge in [0.1, 0.15) is 17.3 Å². The Bertz CT molecular complexity index is 2050. The second-order valence-corrected chi connectivity index (χ2v) is 16.3. The normalized spacial score (nSPS) is 17.1. The van der Waals surface area contributed by atoms with E-state index in [0.29, 0.717) is 45.9 Å². The van der Waals surface area contributed by atoms with Gasteiger partial charge in [0.2, 0.25) is 0 Å². The zero-order valence-corrected chi connectivity index (χ0v) is 32.1. The number of nitrogens with zero attached hydrogens (tertiary/aromatic N) is 1. The molecule has 10 nitrogen and oxygen atoms in total. The molecule has 2 aromatic rings. The topological polar surface area (TPSA) is 143 Å². The first-order chi connectivity index (χ1) is 23.4. The minimum atomic E-state index is -4.42. The van der Waals surface area contributed by atoms with E-state index in [1.807, 2.05) is 32.9 Å². The second kappa shape index (κ2) is 14.9. The number of allylic oxidation sites excluding steroid dienone is 4. The Balaban J connectivity index is 1.92. The number of hydrogen-bond acceptors (Lipinski definition) is 9. The molecule has 1 aliphatic carbocycles. The lowest BCUT2D eigenvalue weighted by Crippen LogP contribution is -2.45. The van der Waals surface area contributed by atoms with Gasteiger partial charge in [-0.15, -0.1) is 4.33 Å². The number of hydrogen-bond donors (Lipinski definition) is 3. The lowest BCUT2D eigenvalue weighted by Gasteiger charge is -2.44.